The molecule has 1 saturated heterocycles. The van der Waals surface area contributed by atoms with Crippen molar-refractivity contribution < 1.29 is 49.6 Å². The first-order chi connectivity index (χ1) is 26.4. The number of carbonyl (C=O) groups is 3. The minimum absolute atomic E-state index is 0.0480. The van der Waals surface area contributed by atoms with Crippen LogP contribution in [0.3, 0.4) is 0 Å². The fraction of sp³-hybridized carbons (Fsp3) is 0.929. The summed E-state index contributed by atoms with van der Waals surface area (Å²) in [6.07, 6.45) is 10.2. The number of nitrogens with one attached hydrogen (secondary N) is 1. The van der Waals surface area contributed by atoms with Gasteiger partial charge < -0.3 is 51.2 Å². The number of aliphatic hydroxyl groups is 3. The molecule has 56 heavy (non-hydrogen) atoms. The van der Waals surface area contributed by atoms with Crippen molar-refractivity contribution in [3.8, 4) is 0 Å². The molecule has 0 aromatic heterocycles. The number of nitrogens with two attached hydrogens (primary N) is 1. The van der Waals surface area contributed by atoms with Gasteiger partial charge in [0.15, 0.2) is 0 Å². The van der Waals surface area contributed by atoms with E-state index < -0.39 is 42.3 Å². The second kappa shape index (κ2) is 19.1. The van der Waals surface area contributed by atoms with E-state index >= 15 is 0 Å². The van der Waals surface area contributed by atoms with Crippen LogP contribution in [-0.2, 0) is 19.1 Å². The van der Waals surface area contributed by atoms with E-state index in [1.165, 1.54) is 0 Å². The summed E-state index contributed by atoms with van der Waals surface area (Å²) in [5.41, 5.74) is 4.11. The number of nitrogens with zero attached hydrogens (tertiary/aromatic N) is 1. The number of aliphatic hydroxyl groups excluding tert-OH is 2. The SMILES string of the molecule is CC(C)[C@@H](NC(=O)CC[C@H](C)[C@@H]1CC[C@@H]2[C@@H]3[C@@H](CC[C@]21O)[C@]1(C)CC[C@H](O)C[C@@H]1C[C@@H]3O)C(=O)OC1CCN(CCCC(N)(CCCCB(O)O)C(=O)O)CC1. The zero-order valence-electron chi connectivity index (χ0n) is 34.6. The van der Waals surface area contributed by atoms with Gasteiger partial charge in [-0.2, -0.15) is 0 Å². The molecular weight excluding hydrogens is 717 g/mol. The van der Waals surface area contributed by atoms with Crippen molar-refractivity contribution in [2.75, 3.05) is 19.6 Å². The van der Waals surface area contributed by atoms with Crippen LogP contribution < -0.4 is 11.1 Å². The average Bonchev–Trinajstić information content (AvgIpc) is 3.49. The molecule has 1 heterocycles. The largest absolute Gasteiger partial charge is 0.480 e. The van der Waals surface area contributed by atoms with Crippen molar-refractivity contribution in [2.24, 2.45) is 52.6 Å². The van der Waals surface area contributed by atoms with Gasteiger partial charge in [-0.25, -0.2) is 4.79 Å². The molecule has 0 spiro atoms. The summed E-state index contributed by atoms with van der Waals surface area (Å²) in [5.74, 6) is -0.880. The third-order valence-corrected chi connectivity index (χ3v) is 15.6. The lowest BCUT2D eigenvalue weighted by Gasteiger charge is -2.61. The number of piperidine rings is 1. The zero-order valence-corrected chi connectivity index (χ0v) is 34.6. The predicted octanol–water partition coefficient (Wildman–Crippen LogP) is 3.47. The number of esters is 1. The number of carbonyl (C=O) groups excluding carboxylic acids is 2. The Morgan fingerprint density at radius 2 is 1.64 bits per heavy atom. The summed E-state index contributed by atoms with van der Waals surface area (Å²) in [5, 5.41) is 65.0. The Kier molecular flexibility index (Phi) is 15.4. The predicted molar refractivity (Wildman–Crippen MR) is 213 cm³/mol. The first-order valence-corrected chi connectivity index (χ1v) is 22.1. The zero-order chi connectivity index (χ0) is 41.0. The van der Waals surface area contributed by atoms with Gasteiger partial charge in [0, 0.05) is 19.5 Å². The second-order valence-corrected chi connectivity index (χ2v) is 19.5. The monoisotopic (exact) mass is 792 g/mol. The highest BCUT2D eigenvalue weighted by atomic mass is 16.5. The molecular formula is C42H74BN3O10. The third-order valence-electron chi connectivity index (χ3n) is 15.6. The number of carboxylic acid groups (broad SMARTS) is 1. The summed E-state index contributed by atoms with van der Waals surface area (Å²) in [6, 6.07) is -0.764. The van der Waals surface area contributed by atoms with Crippen molar-refractivity contribution in [2.45, 2.75) is 179 Å². The Labute approximate surface area is 335 Å². The summed E-state index contributed by atoms with van der Waals surface area (Å²) >= 11 is 0. The molecule has 5 aliphatic rings. The van der Waals surface area contributed by atoms with Crippen molar-refractivity contribution in [1.82, 2.24) is 10.2 Å². The molecule has 13 nitrogen and oxygen atoms in total. The standard InChI is InChI=1S/C42H74BN3O10/c1-26(2)37(38(50)56-30-14-22-46(23-15-30)21-7-17-41(44,39(51)52)16-5-6-20-43(54)55)45-35(49)11-8-27(3)31-9-10-33-36-32(13-19-42(31,33)53)40(4)18-12-29(47)24-28(40)25-34(36)48/h26-34,36-37,47-48,53-55H,5-25,44H2,1-4H3,(H,45,49)(H,51,52)/t27-,28+,29-,31-,32+,33+,34-,36-,37+,40+,41?,42+/m0/s1. The van der Waals surface area contributed by atoms with Crippen LogP contribution >= 0.6 is 0 Å². The highest BCUT2D eigenvalue weighted by Crippen LogP contribution is 2.65. The minimum atomic E-state index is -1.40. The maximum atomic E-state index is 13.4. The summed E-state index contributed by atoms with van der Waals surface area (Å²) < 4.78 is 5.92. The molecule has 5 rings (SSSR count). The van der Waals surface area contributed by atoms with Gasteiger partial charge in [0.25, 0.3) is 0 Å². The van der Waals surface area contributed by atoms with Crippen molar-refractivity contribution >= 4 is 25.0 Å². The number of ether oxygens (including phenoxy) is 1. The summed E-state index contributed by atoms with van der Waals surface area (Å²) in [6.45, 7) is 10.4. The van der Waals surface area contributed by atoms with E-state index in [4.69, 9.17) is 20.5 Å². The highest BCUT2D eigenvalue weighted by molar-refractivity contribution is 6.40. The highest BCUT2D eigenvalue weighted by Gasteiger charge is 2.64. The quantitative estimate of drug-likeness (QED) is 0.0568. The molecule has 5 fully saturated rings. The van der Waals surface area contributed by atoms with E-state index in [0.717, 1.165) is 44.9 Å². The smallest absolute Gasteiger partial charge is 0.451 e. The number of amides is 1. The molecule has 0 radical (unpaired) electrons. The lowest BCUT2D eigenvalue weighted by Crippen LogP contribution is -2.61. The number of carboxylic acids is 1. The van der Waals surface area contributed by atoms with Crippen molar-refractivity contribution in [3.05, 3.63) is 0 Å². The Hall–Kier alpha value is -1.81. The molecule has 4 saturated carbocycles. The van der Waals surface area contributed by atoms with Crippen LogP contribution in [0.5, 0.6) is 0 Å². The van der Waals surface area contributed by atoms with Gasteiger partial charge in [-0.3, -0.25) is 9.59 Å². The molecule has 1 amide bonds. The van der Waals surface area contributed by atoms with E-state index in [-0.39, 0.29) is 72.3 Å². The fourth-order valence-electron chi connectivity index (χ4n) is 12.2. The Bertz CT molecular complexity index is 1330. The number of likely N-dealkylation sites (tertiary alicyclic amines) is 1. The number of fused-ring (bicyclic) bond motifs is 5. The molecule has 14 heteroatoms. The van der Waals surface area contributed by atoms with E-state index in [2.05, 4.69) is 24.1 Å². The van der Waals surface area contributed by atoms with Crippen LogP contribution in [0.15, 0.2) is 0 Å². The van der Waals surface area contributed by atoms with E-state index in [1.807, 2.05) is 13.8 Å². The van der Waals surface area contributed by atoms with Crippen molar-refractivity contribution in [1.29, 1.82) is 0 Å². The number of hydrogen-bond acceptors (Lipinski definition) is 11. The molecule has 4 aliphatic carbocycles. The number of aliphatic carboxylic acids is 1. The molecule has 12 atom stereocenters. The first kappa shape index (κ1) is 45.3. The maximum Gasteiger partial charge on any atom is 0.451 e. The van der Waals surface area contributed by atoms with Gasteiger partial charge in [0.05, 0.1) is 17.8 Å². The number of unbranched alkanes of at least 4 members (excludes halogenated alkanes) is 1. The van der Waals surface area contributed by atoms with Gasteiger partial charge >= 0.3 is 19.1 Å². The van der Waals surface area contributed by atoms with Gasteiger partial charge in [0.1, 0.15) is 17.7 Å². The second-order valence-electron chi connectivity index (χ2n) is 19.5. The molecule has 0 aromatic rings. The van der Waals surface area contributed by atoms with E-state index in [0.29, 0.717) is 82.8 Å². The molecule has 0 bridgehead atoms. The van der Waals surface area contributed by atoms with E-state index in [9.17, 15) is 34.8 Å². The molecule has 1 aliphatic heterocycles. The van der Waals surface area contributed by atoms with Crippen LogP contribution in [0.25, 0.3) is 0 Å². The first-order valence-electron chi connectivity index (χ1n) is 22.1. The van der Waals surface area contributed by atoms with Gasteiger partial charge in [-0.15, -0.1) is 0 Å². The Balaban J connectivity index is 1.04. The minimum Gasteiger partial charge on any atom is -0.480 e. The number of hydrogen-bond donors (Lipinski definition) is 8. The van der Waals surface area contributed by atoms with Crippen LogP contribution in [0.2, 0.25) is 6.32 Å². The van der Waals surface area contributed by atoms with Crippen LogP contribution in [0.1, 0.15) is 137 Å². The maximum absolute atomic E-state index is 13.4. The van der Waals surface area contributed by atoms with Gasteiger partial charge in [-0.05, 0) is 150 Å². The molecule has 0 aromatic carbocycles. The summed E-state index contributed by atoms with van der Waals surface area (Å²) in [4.78, 5) is 40.8. The number of rotatable bonds is 18. The van der Waals surface area contributed by atoms with Crippen LogP contribution in [-0.4, -0.2) is 115 Å². The Morgan fingerprint density at radius 3 is 2.30 bits per heavy atom. The van der Waals surface area contributed by atoms with Crippen LogP contribution in [0.4, 0.5) is 0 Å². The lowest BCUT2D eigenvalue weighted by atomic mass is 9.45. The molecule has 1 unspecified atom stereocenters. The molecule has 9 N–H and O–H groups in total. The van der Waals surface area contributed by atoms with Gasteiger partial charge in [0.2, 0.25) is 5.91 Å². The Morgan fingerprint density at radius 1 is 0.946 bits per heavy atom. The topological polar surface area (TPSA) is 223 Å². The average molecular weight is 792 g/mol. The third kappa shape index (κ3) is 10.3. The van der Waals surface area contributed by atoms with E-state index in [1.54, 1.807) is 0 Å². The molecule has 320 valence electrons. The van der Waals surface area contributed by atoms with Crippen LogP contribution in [0, 0.1) is 46.8 Å². The normalized spacial score (nSPS) is 35.7. The fourth-order valence-corrected chi connectivity index (χ4v) is 12.2. The summed E-state index contributed by atoms with van der Waals surface area (Å²) in [7, 11) is -1.40. The van der Waals surface area contributed by atoms with Gasteiger partial charge in [-0.1, -0.05) is 40.5 Å². The lowest BCUT2D eigenvalue weighted by molar-refractivity contribution is -0.200. The van der Waals surface area contributed by atoms with Crippen molar-refractivity contribution in [3.63, 3.8) is 0 Å².